The lowest BCUT2D eigenvalue weighted by Gasteiger charge is -2.06. The van der Waals surface area contributed by atoms with Crippen molar-refractivity contribution in [1.82, 2.24) is 0 Å². The molecule has 0 radical (unpaired) electrons. The zero-order valence-corrected chi connectivity index (χ0v) is 9.90. The van der Waals surface area contributed by atoms with Crippen LogP contribution < -0.4 is 5.32 Å². The van der Waals surface area contributed by atoms with Crippen LogP contribution in [0.25, 0.3) is 0 Å². The Morgan fingerprint density at radius 3 is 2.82 bits per heavy atom. The van der Waals surface area contributed by atoms with Gasteiger partial charge in [0.25, 0.3) is 5.69 Å². The molecule has 0 aromatic heterocycles. The van der Waals surface area contributed by atoms with Gasteiger partial charge in [0.05, 0.1) is 4.92 Å². The molecule has 0 aliphatic rings. The molecule has 0 aliphatic heterocycles. The van der Waals surface area contributed by atoms with Crippen molar-refractivity contribution >= 4 is 11.4 Å². The maximum Gasteiger partial charge on any atom is 0.272 e. The van der Waals surface area contributed by atoms with E-state index >= 15 is 0 Å². The van der Waals surface area contributed by atoms with E-state index in [1.165, 1.54) is 6.07 Å². The number of nitrogens with zero attached hydrogens (tertiary/aromatic N) is 1. The van der Waals surface area contributed by atoms with Crippen molar-refractivity contribution in [2.24, 2.45) is 0 Å². The molecule has 90 valence electrons. The van der Waals surface area contributed by atoms with Crippen LogP contribution in [0.1, 0.15) is 24.8 Å². The second kappa shape index (κ2) is 6.54. The third-order valence-corrected chi connectivity index (χ3v) is 2.47. The fraction of sp³-hybridized carbons (Fsp3) is 0.385. The minimum absolute atomic E-state index is 0.155. The van der Waals surface area contributed by atoms with Crippen molar-refractivity contribution < 1.29 is 4.92 Å². The minimum Gasteiger partial charge on any atom is -0.385 e. The van der Waals surface area contributed by atoms with Gasteiger partial charge in [0.1, 0.15) is 0 Å². The summed E-state index contributed by atoms with van der Waals surface area (Å²) in [5.41, 5.74) is 1.74. The predicted molar refractivity (Wildman–Crippen MR) is 69.0 cm³/mol. The zero-order valence-electron chi connectivity index (χ0n) is 9.90. The lowest BCUT2D eigenvalue weighted by atomic mass is 10.1. The van der Waals surface area contributed by atoms with Gasteiger partial charge in [-0.05, 0) is 31.9 Å². The number of aryl methyl sites for hydroxylation is 1. The molecular weight excluding hydrogens is 216 g/mol. The summed E-state index contributed by atoms with van der Waals surface area (Å²) in [6.07, 6.45) is 7.94. The highest BCUT2D eigenvalue weighted by Gasteiger charge is 2.09. The van der Waals surface area contributed by atoms with E-state index in [2.05, 4.69) is 11.2 Å². The van der Waals surface area contributed by atoms with Gasteiger partial charge in [-0.3, -0.25) is 10.1 Å². The first-order valence-corrected chi connectivity index (χ1v) is 5.57. The summed E-state index contributed by atoms with van der Waals surface area (Å²) >= 11 is 0. The standard InChI is InChI=1S/C13H16N2O2/c1-3-4-5-6-9-14-12-7-8-13(15(16)17)11(2)10-12/h1,7-8,10,14H,4-6,9H2,2H3. The molecule has 0 fully saturated rings. The van der Waals surface area contributed by atoms with Crippen LogP contribution in [0.5, 0.6) is 0 Å². The van der Waals surface area contributed by atoms with Gasteiger partial charge in [0, 0.05) is 30.3 Å². The highest BCUT2D eigenvalue weighted by molar-refractivity contribution is 5.53. The second-order valence-electron chi connectivity index (χ2n) is 3.85. The largest absolute Gasteiger partial charge is 0.385 e. The Balaban J connectivity index is 2.48. The number of hydrogen-bond acceptors (Lipinski definition) is 3. The third-order valence-electron chi connectivity index (χ3n) is 2.47. The molecule has 0 spiro atoms. The minimum atomic E-state index is -0.369. The van der Waals surface area contributed by atoms with E-state index in [0.29, 0.717) is 5.56 Å². The first-order chi connectivity index (χ1) is 8.15. The van der Waals surface area contributed by atoms with Crippen LogP contribution in [-0.4, -0.2) is 11.5 Å². The molecule has 17 heavy (non-hydrogen) atoms. The molecule has 1 rings (SSSR count). The maximum absolute atomic E-state index is 10.6. The van der Waals surface area contributed by atoms with E-state index in [0.717, 1.165) is 31.5 Å². The molecule has 0 bridgehead atoms. The molecule has 0 aliphatic carbocycles. The normalized spacial score (nSPS) is 9.65. The topological polar surface area (TPSA) is 55.2 Å². The van der Waals surface area contributed by atoms with E-state index in [1.807, 2.05) is 0 Å². The smallest absolute Gasteiger partial charge is 0.272 e. The molecule has 1 N–H and O–H groups in total. The summed E-state index contributed by atoms with van der Waals surface area (Å²) in [4.78, 5) is 10.3. The number of anilines is 1. The lowest BCUT2D eigenvalue weighted by Crippen LogP contribution is -2.02. The fourth-order valence-electron chi connectivity index (χ4n) is 1.56. The van der Waals surface area contributed by atoms with Crippen LogP contribution in [0.3, 0.4) is 0 Å². The molecule has 0 heterocycles. The molecule has 1 aromatic carbocycles. The van der Waals surface area contributed by atoms with Crippen LogP contribution in [0.15, 0.2) is 18.2 Å². The van der Waals surface area contributed by atoms with E-state index in [-0.39, 0.29) is 10.6 Å². The van der Waals surface area contributed by atoms with E-state index in [4.69, 9.17) is 6.42 Å². The summed E-state index contributed by atoms with van der Waals surface area (Å²) in [6, 6.07) is 5.05. The third kappa shape index (κ3) is 4.15. The van der Waals surface area contributed by atoms with Gasteiger partial charge >= 0.3 is 0 Å². The van der Waals surface area contributed by atoms with Crippen LogP contribution in [0.4, 0.5) is 11.4 Å². The number of nitrogens with one attached hydrogen (secondary N) is 1. The molecule has 0 amide bonds. The van der Waals surface area contributed by atoms with Gasteiger partial charge in [0.15, 0.2) is 0 Å². The van der Waals surface area contributed by atoms with Gasteiger partial charge in [-0.25, -0.2) is 0 Å². The Morgan fingerprint density at radius 1 is 1.47 bits per heavy atom. The molecule has 1 aromatic rings. The Kier molecular flexibility index (Phi) is 5.02. The molecule has 0 unspecified atom stereocenters. The number of hydrogen-bond donors (Lipinski definition) is 1. The summed E-state index contributed by atoms with van der Waals surface area (Å²) in [7, 11) is 0. The maximum atomic E-state index is 10.6. The molecule has 0 saturated heterocycles. The molecular formula is C13H16N2O2. The van der Waals surface area contributed by atoms with Crippen LogP contribution >= 0.6 is 0 Å². The van der Waals surface area contributed by atoms with E-state index < -0.39 is 0 Å². The van der Waals surface area contributed by atoms with Crippen molar-refractivity contribution in [3.8, 4) is 12.3 Å². The SMILES string of the molecule is C#CCCCCNc1ccc([N+](=O)[O-])c(C)c1. The number of nitro groups is 1. The average Bonchev–Trinajstić information content (AvgIpc) is 2.28. The van der Waals surface area contributed by atoms with Crippen molar-refractivity contribution in [3.05, 3.63) is 33.9 Å². The van der Waals surface area contributed by atoms with E-state index in [1.54, 1.807) is 19.1 Å². The Hall–Kier alpha value is -2.02. The monoisotopic (exact) mass is 232 g/mol. The average molecular weight is 232 g/mol. The van der Waals surface area contributed by atoms with Crippen molar-refractivity contribution in [1.29, 1.82) is 0 Å². The lowest BCUT2D eigenvalue weighted by molar-refractivity contribution is -0.385. The molecule has 4 heteroatoms. The first kappa shape index (κ1) is 13.0. The molecule has 0 saturated carbocycles. The number of terminal acetylenes is 1. The van der Waals surface area contributed by atoms with Crippen molar-refractivity contribution in [2.45, 2.75) is 26.2 Å². The molecule has 4 nitrogen and oxygen atoms in total. The van der Waals surface area contributed by atoms with Crippen LogP contribution in [-0.2, 0) is 0 Å². The number of unbranched alkanes of at least 4 members (excludes halogenated alkanes) is 2. The van der Waals surface area contributed by atoms with Gasteiger partial charge in [-0.2, -0.15) is 0 Å². The van der Waals surface area contributed by atoms with Gasteiger partial charge in [-0.1, -0.05) is 0 Å². The summed E-state index contributed by atoms with van der Waals surface area (Å²) in [5.74, 6) is 2.59. The van der Waals surface area contributed by atoms with Crippen LogP contribution in [0.2, 0.25) is 0 Å². The fourth-order valence-corrected chi connectivity index (χ4v) is 1.56. The predicted octanol–water partition coefficient (Wildman–Crippen LogP) is 3.12. The Labute approximate surface area is 101 Å². The van der Waals surface area contributed by atoms with Gasteiger partial charge in [-0.15, -0.1) is 12.3 Å². The van der Waals surface area contributed by atoms with Gasteiger partial charge in [0.2, 0.25) is 0 Å². The summed E-state index contributed by atoms with van der Waals surface area (Å²) < 4.78 is 0. The second-order valence-corrected chi connectivity index (χ2v) is 3.85. The van der Waals surface area contributed by atoms with Crippen LogP contribution in [0, 0.1) is 29.4 Å². The van der Waals surface area contributed by atoms with Crippen molar-refractivity contribution in [2.75, 3.05) is 11.9 Å². The molecule has 0 atom stereocenters. The summed E-state index contributed by atoms with van der Waals surface area (Å²) in [6.45, 7) is 2.57. The highest BCUT2D eigenvalue weighted by Crippen LogP contribution is 2.21. The van der Waals surface area contributed by atoms with E-state index in [9.17, 15) is 10.1 Å². The number of benzene rings is 1. The number of nitro benzene ring substituents is 1. The zero-order chi connectivity index (χ0) is 12.7. The van der Waals surface area contributed by atoms with Gasteiger partial charge < -0.3 is 5.32 Å². The highest BCUT2D eigenvalue weighted by atomic mass is 16.6. The number of rotatable bonds is 6. The Bertz CT molecular complexity index is 436. The Morgan fingerprint density at radius 2 is 2.24 bits per heavy atom. The van der Waals surface area contributed by atoms with Crippen molar-refractivity contribution in [3.63, 3.8) is 0 Å². The first-order valence-electron chi connectivity index (χ1n) is 5.57. The quantitative estimate of drug-likeness (QED) is 0.355. The summed E-state index contributed by atoms with van der Waals surface area (Å²) in [5, 5.41) is 13.9.